The van der Waals surface area contributed by atoms with Crippen molar-refractivity contribution < 1.29 is 4.52 Å². The fraction of sp³-hybridized carbons (Fsp3) is 0.278. The summed E-state index contributed by atoms with van der Waals surface area (Å²) in [6.07, 6.45) is 0. The molecule has 6 nitrogen and oxygen atoms in total. The van der Waals surface area contributed by atoms with Gasteiger partial charge in [-0.05, 0) is 13.8 Å². The fourth-order valence-electron chi connectivity index (χ4n) is 2.31. The van der Waals surface area contributed by atoms with Crippen molar-refractivity contribution in [3.05, 3.63) is 57.7 Å². The van der Waals surface area contributed by atoms with Crippen LogP contribution in [0, 0.1) is 13.8 Å². The van der Waals surface area contributed by atoms with Crippen molar-refractivity contribution >= 4 is 41.3 Å². The zero-order chi connectivity index (χ0) is 17.6. The Morgan fingerprint density at radius 2 is 1.88 bits per heavy atom. The molecule has 3 aromatic rings. The van der Waals surface area contributed by atoms with E-state index in [0.29, 0.717) is 19.0 Å². The van der Waals surface area contributed by atoms with Crippen LogP contribution in [0.4, 0.5) is 0 Å². The number of aromatic nitrogens is 2. The maximum absolute atomic E-state index is 5.39. The number of aliphatic imine (C=N–C) groups is 1. The highest BCUT2D eigenvalue weighted by atomic mass is 127. The lowest BCUT2D eigenvalue weighted by Gasteiger charge is -2.09. The minimum atomic E-state index is 0. The molecule has 0 saturated carbocycles. The van der Waals surface area contributed by atoms with Crippen molar-refractivity contribution in [1.82, 2.24) is 20.8 Å². The van der Waals surface area contributed by atoms with Gasteiger partial charge in [0.1, 0.15) is 10.7 Å². The Labute approximate surface area is 174 Å². The van der Waals surface area contributed by atoms with Gasteiger partial charge in [0.2, 0.25) is 0 Å². The molecule has 1 aromatic carbocycles. The van der Waals surface area contributed by atoms with Crippen molar-refractivity contribution in [3.63, 3.8) is 0 Å². The van der Waals surface area contributed by atoms with E-state index in [1.165, 1.54) is 4.88 Å². The maximum atomic E-state index is 5.39. The van der Waals surface area contributed by atoms with E-state index in [9.17, 15) is 0 Å². The molecule has 8 heteroatoms. The predicted octanol–water partition coefficient (Wildman–Crippen LogP) is 3.90. The van der Waals surface area contributed by atoms with Crippen molar-refractivity contribution in [2.24, 2.45) is 4.99 Å². The van der Waals surface area contributed by atoms with Crippen LogP contribution in [-0.2, 0) is 13.1 Å². The first-order valence-electron chi connectivity index (χ1n) is 8.04. The molecule has 0 spiro atoms. The maximum Gasteiger partial charge on any atom is 0.191 e. The summed E-state index contributed by atoms with van der Waals surface area (Å²) in [5.41, 5.74) is 2.95. The predicted molar refractivity (Wildman–Crippen MR) is 116 cm³/mol. The summed E-state index contributed by atoms with van der Waals surface area (Å²) < 4.78 is 5.39. The molecular weight excluding hydrogens is 461 g/mol. The summed E-state index contributed by atoms with van der Waals surface area (Å²) in [5, 5.41) is 11.6. The molecule has 3 rings (SSSR count). The zero-order valence-corrected chi connectivity index (χ0v) is 18.1. The van der Waals surface area contributed by atoms with Gasteiger partial charge in [0.15, 0.2) is 11.7 Å². The molecule has 0 aliphatic carbocycles. The van der Waals surface area contributed by atoms with Crippen LogP contribution in [-0.4, -0.2) is 23.1 Å². The van der Waals surface area contributed by atoms with Crippen LogP contribution in [0.5, 0.6) is 0 Å². The lowest BCUT2D eigenvalue weighted by molar-refractivity contribution is 0.382. The average molecular weight is 483 g/mol. The van der Waals surface area contributed by atoms with Gasteiger partial charge in [0.25, 0.3) is 0 Å². The number of thiazole rings is 1. The van der Waals surface area contributed by atoms with Gasteiger partial charge in [-0.2, -0.15) is 0 Å². The molecule has 0 unspecified atom stereocenters. The number of nitrogens with zero attached hydrogens (tertiary/aromatic N) is 3. The molecule has 0 aliphatic heterocycles. The van der Waals surface area contributed by atoms with E-state index in [1.807, 2.05) is 43.3 Å². The second kappa shape index (κ2) is 9.67. The number of rotatable bonds is 5. The molecular formula is C18H22IN5OS. The van der Waals surface area contributed by atoms with Crippen molar-refractivity contribution in [2.75, 3.05) is 7.05 Å². The molecule has 2 aromatic heterocycles. The molecule has 0 bridgehead atoms. The molecule has 2 N–H and O–H groups in total. The molecule has 0 radical (unpaired) electrons. The summed E-state index contributed by atoms with van der Waals surface area (Å²) in [5.74, 6) is 1.45. The molecule has 0 saturated heterocycles. The summed E-state index contributed by atoms with van der Waals surface area (Å²) in [7, 11) is 1.74. The van der Waals surface area contributed by atoms with Crippen LogP contribution in [0.25, 0.3) is 11.3 Å². The van der Waals surface area contributed by atoms with Gasteiger partial charge in [-0.25, -0.2) is 4.98 Å². The molecule has 138 valence electrons. The summed E-state index contributed by atoms with van der Waals surface area (Å²) in [6, 6.07) is 11.9. The van der Waals surface area contributed by atoms with E-state index in [2.05, 4.69) is 32.7 Å². The number of nitrogens with one attached hydrogen (secondary N) is 2. The molecule has 2 heterocycles. The normalized spacial score (nSPS) is 11.1. The van der Waals surface area contributed by atoms with E-state index < -0.39 is 0 Å². The highest BCUT2D eigenvalue weighted by Gasteiger charge is 2.08. The lowest BCUT2D eigenvalue weighted by atomic mass is 10.1. The highest BCUT2D eigenvalue weighted by molar-refractivity contribution is 14.0. The number of benzene rings is 1. The quantitative estimate of drug-likeness (QED) is 0.327. The highest BCUT2D eigenvalue weighted by Crippen LogP contribution is 2.18. The molecule has 0 amide bonds. The van der Waals surface area contributed by atoms with Gasteiger partial charge in [-0.1, -0.05) is 35.5 Å². The summed E-state index contributed by atoms with van der Waals surface area (Å²) in [4.78, 5) is 9.98. The molecule has 0 fully saturated rings. The topological polar surface area (TPSA) is 75.3 Å². The number of halogens is 1. The second-order valence-corrected chi connectivity index (χ2v) is 6.86. The van der Waals surface area contributed by atoms with E-state index in [4.69, 9.17) is 4.52 Å². The molecule has 0 aliphatic rings. The van der Waals surface area contributed by atoms with Crippen LogP contribution in [0.1, 0.15) is 21.3 Å². The van der Waals surface area contributed by atoms with Gasteiger partial charge < -0.3 is 15.2 Å². The Bertz CT molecular complexity index is 840. The number of guanidine groups is 1. The Kier molecular flexibility index (Phi) is 7.58. The zero-order valence-electron chi connectivity index (χ0n) is 14.9. The van der Waals surface area contributed by atoms with E-state index in [-0.39, 0.29) is 24.0 Å². The van der Waals surface area contributed by atoms with Gasteiger partial charge >= 0.3 is 0 Å². The molecule has 26 heavy (non-hydrogen) atoms. The van der Waals surface area contributed by atoms with Crippen LogP contribution < -0.4 is 10.6 Å². The summed E-state index contributed by atoms with van der Waals surface area (Å²) in [6.45, 7) is 5.26. The first-order valence-corrected chi connectivity index (χ1v) is 8.86. The Morgan fingerprint density at radius 3 is 2.54 bits per heavy atom. The first kappa shape index (κ1) is 20.4. The number of hydrogen-bond donors (Lipinski definition) is 2. The number of hydrogen-bond acceptors (Lipinski definition) is 5. The third-order valence-corrected chi connectivity index (χ3v) is 4.83. The SMILES string of the molecule is CN=C(NCc1cc(-c2ccccc2)no1)NCc1nc(C)c(C)s1.I. The Morgan fingerprint density at radius 1 is 1.15 bits per heavy atom. The minimum absolute atomic E-state index is 0. The average Bonchev–Trinajstić information content (AvgIpc) is 3.23. The van der Waals surface area contributed by atoms with Crippen LogP contribution in [0.2, 0.25) is 0 Å². The Balaban J connectivity index is 0.00000243. The number of aryl methyl sites for hydroxylation is 2. The Hall–Kier alpha value is -1.94. The fourth-order valence-corrected chi connectivity index (χ4v) is 3.18. The third kappa shape index (κ3) is 5.28. The van der Waals surface area contributed by atoms with Gasteiger partial charge in [0, 0.05) is 23.6 Å². The first-order chi connectivity index (χ1) is 12.2. The van der Waals surface area contributed by atoms with Crippen molar-refractivity contribution in [1.29, 1.82) is 0 Å². The van der Waals surface area contributed by atoms with E-state index in [0.717, 1.165) is 27.7 Å². The minimum Gasteiger partial charge on any atom is -0.359 e. The standard InChI is InChI=1S/C18H21N5OS.HI/c1-12-13(2)25-17(22-12)11-21-18(19-3)20-10-15-9-16(23-24-15)14-7-5-4-6-8-14;/h4-9H,10-11H2,1-3H3,(H2,19,20,21);1H. The van der Waals surface area contributed by atoms with E-state index >= 15 is 0 Å². The molecule has 0 atom stereocenters. The smallest absolute Gasteiger partial charge is 0.191 e. The van der Waals surface area contributed by atoms with E-state index in [1.54, 1.807) is 18.4 Å². The largest absolute Gasteiger partial charge is 0.359 e. The summed E-state index contributed by atoms with van der Waals surface area (Å²) >= 11 is 1.70. The van der Waals surface area contributed by atoms with Crippen LogP contribution in [0.15, 0.2) is 45.9 Å². The second-order valence-electron chi connectivity index (χ2n) is 5.57. The van der Waals surface area contributed by atoms with Crippen molar-refractivity contribution in [3.8, 4) is 11.3 Å². The van der Waals surface area contributed by atoms with Crippen molar-refractivity contribution in [2.45, 2.75) is 26.9 Å². The monoisotopic (exact) mass is 483 g/mol. The van der Waals surface area contributed by atoms with Gasteiger partial charge in [-0.3, -0.25) is 4.99 Å². The third-order valence-electron chi connectivity index (χ3n) is 3.76. The van der Waals surface area contributed by atoms with Gasteiger partial charge in [0.05, 0.1) is 18.8 Å². The van der Waals surface area contributed by atoms with Crippen LogP contribution in [0.3, 0.4) is 0 Å². The van der Waals surface area contributed by atoms with Gasteiger partial charge in [-0.15, -0.1) is 35.3 Å². The lowest BCUT2D eigenvalue weighted by Crippen LogP contribution is -2.36. The van der Waals surface area contributed by atoms with Crippen LogP contribution >= 0.6 is 35.3 Å².